The molecule has 1 saturated heterocycles. The predicted octanol–water partition coefficient (Wildman–Crippen LogP) is 1.22. The molecule has 0 aliphatic carbocycles. The van der Waals surface area contributed by atoms with E-state index < -0.39 is 29.7 Å². The molecule has 1 aromatic rings. The molecular formula is C17H18N2O5. The summed E-state index contributed by atoms with van der Waals surface area (Å²) in [5.41, 5.74) is 1.22. The van der Waals surface area contributed by atoms with Gasteiger partial charge in [0.05, 0.1) is 18.2 Å². The van der Waals surface area contributed by atoms with E-state index in [2.05, 4.69) is 5.32 Å². The number of imide groups is 2. The number of fused-ring (bicyclic) bond motifs is 1. The number of benzene rings is 1. The van der Waals surface area contributed by atoms with E-state index in [1.807, 2.05) is 13.8 Å². The fraction of sp³-hybridized carbons (Fsp3) is 0.412. The summed E-state index contributed by atoms with van der Waals surface area (Å²) < 4.78 is 5.24. The largest absolute Gasteiger partial charge is 0.496 e. The molecule has 1 aromatic carbocycles. The van der Waals surface area contributed by atoms with Crippen LogP contribution < -0.4 is 10.1 Å². The maximum Gasteiger partial charge on any atom is 0.266 e. The first kappa shape index (κ1) is 16.2. The van der Waals surface area contributed by atoms with E-state index in [-0.39, 0.29) is 24.3 Å². The topological polar surface area (TPSA) is 92.8 Å². The quantitative estimate of drug-likeness (QED) is 0.841. The van der Waals surface area contributed by atoms with E-state index in [9.17, 15) is 19.2 Å². The summed E-state index contributed by atoms with van der Waals surface area (Å²) in [7, 11) is 1.43. The second-order valence-corrected chi connectivity index (χ2v) is 6.21. The smallest absolute Gasteiger partial charge is 0.266 e. The summed E-state index contributed by atoms with van der Waals surface area (Å²) >= 11 is 0. The maximum absolute atomic E-state index is 12.9. The van der Waals surface area contributed by atoms with Gasteiger partial charge in [0.25, 0.3) is 11.8 Å². The summed E-state index contributed by atoms with van der Waals surface area (Å²) in [6.45, 7) is 3.85. The highest BCUT2D eigenvalue weighted by Gasteiger charge is 2.47. The number of carbonyl (C=O) groups excluding carboxylic acids is 4. The van der Waals surface area contributed by atoms with Gasteiger partial charge in [0, 0.05) is 6.42 Å². The Balaban J connectivity index is 2.09. The van der Waals surface area contributed by atoms with Crippen molar-refractivity contribution in [2.75, 3.05) is 7.11 Å². The van der Waals surface area contributed by atoms with E-state index in [4.69, 9.17) is 4.74 Å². The molecule has 1 unspecified atom stereocenters. The Bertz CT molecular complexity index is 768. The number of carbonyl (C=O) groups is 4. The number of piperidine rings is 1. The van der Waals surface area contributed by atoms with E-state index in [1.54, 1.807) is 12.1 Å². The van der Waals surface area contributed by atoms with Gasteiger partial charge in [0.15, 0.2) is 0 Å². The van der Waals surface area contributed by atoms with Crippen LogP contribution in [0.5, 0.6) is 5.75 Å². The fourth-order valence-corrected chi connectivity index (χ4v) is 3.24. The normalized spacial score (nSPS) is 20.5. The molecule has 24 heavy (non-hydrogen) atoms. The minimum Gasteiger partial charge on any atom is -0.496 e. The number of ether oxygens (including phenoxy) is 1. The molecule has 3 rings (SSSR count). The van der Waals surface area contributed by atoms with Gasteiger partial charge in [-0.1, -0.05) is 19.9 Å². The molecular weight excluding hydrogens is 312 g/mol. The van der Waals surface area contributed by atoms with Crippen LogP contribution in [-0.2, 0) is 9.59 Å². The molecule has 0 spiro atoms. The van der Waals surface area contributed by atoms with Crippen LogP contribution in [0.4, 0.5) is 0 Å². The van der Waals surface area contributed by atoms with Gasteiger partial charge >= 0.3 is 0 Å². The van der Waals surface area contributed by atoms with Crippen LogP contribution in [0.3, 0.4) is 0 Å². The Kier molecular flexibility index (Phi) is 3.87. The molecule has 1 N–H and O–H groups in total. The minimum atomic E-state index is -0.972. The van der Waals surface area contributed by atoms with Crippen molar-refractivity contribution >= 4 is 23.6 Å². The van der Waals surface area contributed by atoms with Gasteiger partial charge in [-0.2, -0.15) is 0 Å². The van der Waals surface area contributed by atoms with E-state index >= 15 is 0 Å². The highest BCUT2D eigenvalue weighted by atomic mass is 16.5. The van der Waals surface area contributed by atoms with E-state index in [0.717, 1.165) is 10.5 Å². The van der Waals surface area contributed by atoms with Gasteiger partial charge in [-0.25, -0.2) is 0 Å². The molecule has 2 heterocycles. The predicted molar refractivity (Wildman–Crippen MR) is 83.8 cm³/mol. The van der Waals surface area contributed by atoms with Crippen LogP contribution in [0.1, 0.15) is 58.9 Å². The molecule has 0 bridgehead atoms. The monoisotopic (exact) mass is 330 g/mol. The van der Waals surface area contributed by atoms with Crippen molar-refractivity contribution in [3.05, 3.63) is 28.8 Å². The van der Waals surface area contributed by atoms with Gasteiger partial charge in [0.2, 0.25) is 11.8 Å². The Hall–Kier alpha value is -2.70. The molecule has 7 nitrogen and oxygen atoms in total. The second-order valence-electron chi connectivity index (χ2n) is 6.21. The summed E-state index contributed by atoms with van der Waals surface area (Å²) in [5.74, 6) is -1.74. The van der Waals surface area contributed by atoms with Crippen molar-refractivity contribution in [1.29, 1.82) is 0 Å². The Labute approximate surface area is 139 Å². The van der Waals surface area contributed by atoms with E-state index in [0.29, 0.717) is 11.3 Å². The van der Waals surface area contributed by atoms with Crippen molar-refractivity contribution < 1.29 is 23.9 Å². The highest BCUT2D eigenvalue weighted by Crippen LogP contribution is 2.37. The summed E-state index contributed by atoms with van der Waals surface area (Å²) in [5, 5.41) is 2.18. The van der Waals surface area contributed by atoms with Gasteiger partial charge in [-0.05, 0) is 24.0 Å². The van der Waals surface area contributed by atoms with Crippen molar-refractivity contribution in [2.45, 2.75) is 38.6 Å². The summed E-state index contributed by atoms with van der Waals surface area (Å²) in [4.78, 5) is 50.1. The standard InChI is InChI=1S/C17H18N2O5/c1-8(2)9-4-6-11(24-3)14-13(9)16(22)19(17(14)23)10-5-7-12(20)18-15(10)21/h4,6,8,10H,5,7H2,1-3H3,(H,18,20,21). The number of hydrogen-bond acceptors (Lipinski definition) is 5. The third kappa shape index (κ3) is 2.28. The van der Waals surface area contributed by atoms with Crippen LogP contribution in [0.2, 0.25) is 0 Å². The Morgan fingerprint density at radius 3 is 2.38 bits per heavy atom. The first-order valence-corrected chi connectivity index (χ1v) is 7.79. The van der Waals surface area contributed by atoms with E-state index in [1.165, 1.54) is 7.11 Å². The van der Waals surface area contributed by atoms with Gasteiger partial charge in [-0.3, -0.25) is 29.4 Å². The van der Waals surface area contributed by atoms with Gasteiger partial charge < -0.3 is 4.74 Å². The molecule has 4 amide bonds. The highest BCUT2D eigenvalue weighted by molar-refractivity contribution is 6.25. The van der Waals surface area contributed by atoms with Crippen LogP contribution in [-0.4, -0.2) is 41.7 Å². The first-order chi connectivity index (χ1) is 11.4. The lowest BCUT2D eigenvalue weighted by molar-refractivity contribution is -0.136. The minimum absolute atomic E-state index is 0.0307. The molecule has 0 saturated carbocycles. The third-order valence-corrected chi connectivity index (χ3v) is 4.43. The Morgan fingerprint density at radius 2 is 1.79 bits per heavy atom. The van der Waals surface area contributed by atoms with Gasteiger partial charge in [-0.15, -0.1) is 0 Å². The zero-order valence-corrected chi connectivity index (χ0v) is 13.7. The average Bonchev–Trinajstić information content (AvgIpc) is 2.79. The Morgan fingerprint density at radius 1 is 1.12 bits per heavy atom. The number of hydrogen-bond donors (Lipinski definition) is 1. The number of methoxy groups -OCH3 is 1. The van der Waals surface area contributed by atoms with Crippen LogP contribution >= 0.6 is 0 Å². The summed E-state index contributed by atoms with van der Waals surface area (Å²) in [6, 6.07) is 2.45. The molecule has 0 radical (unpaired) electrons. The zero-order valence-electron chi connectivity index (χ0n) is 13.7. The van der Waals surface area contributed by atoms with Gasteiger partial charge in [0.1, 0.15) is 11.8 Å². The second kappa shape index (κ2) is 5.74. The molecule has 2 aliphatic rings. The number of amides is 4. The lowest BCUT2D eigenvalue weighted by Crippen LogP contribution is -2.54. The van der Waals surface area contributed by atoms with Crippen molar-refractivity contribution in [2.24, 2.45) is 0 Å². The molecule has 7 heteroatoms. The molecule has 126 valence electrons. The lowest BCUT2D eigenvalue weighted by atomic mass is 9.94. The SMILES string of the molecule is COc1ccc(C(C)C)c2c1C(=O)N(C1CCC(=O)NC1=O)C2=O. The number of rotatable bonds is 3. The molecule has 2 aliphatic heterocycles. The van der Waals surface area contributed by atoms with Crippen LogP contribution in [0.15, 0.2) is 12.1 Å². The number of nitrogens with one attached hydrogen (secondary N) is 1. The lowest BCUT2D eigenvalue weighted by Gasteiger charge is -2.27. The average molecular weight is 330 g/mol. The summed E-state index contributed by atoms with van der Waals surface area (Å²) in [6.07, 6.45) is 0.230. The van der Waals surface area contributed by atoms with Crippen LogP contribution in [0.25, 0.3) is 0 Å². The zero-order chi connectivity index (χ0) is 17.6. The van der Waals surface area contributed by atoms with Crippen molar-refractivity contribution in [3.63, 3.8) is 0 Å². The number of nitrogens with zero attached hydrogens (tertiary/aromatic N) is 1. The molecule has 1 fully saturated rings. The third-order valence-electron chi connectivity index (χ3n) is 4.43. The van der Waals surface area contributed by atoms with Crippen LogP contribution in [0, 0.1) is 0 Å². The van der Waals surface area contributed by atoms with Crippen molar-refractivity contribution in [3.8, 4) is 5.75 Å². The fourth-order valence-electron chi connectivity index (χ4n) is 3.24. The molecule has 1 atom stereocenters. The first-order valence-electron chi connectivity index (χ1n) is 7.79. The molecule has 0 aromatic heterocycles. The maximum atomic E-state index is 12.9. The van der Waals surface area contributed by atoms with Crippen molar-refractivity contribution in [1.82, 2.24) is 10.2 Å².